The molecule has 1 aromatic carbocycles. The van der Waals surface area contributed by atoms with Gasteiger partial charge in [0.15, 0.2) is 11.6 Å². The molecule has 6 rings (SSSR count). The minimum atomic E-state index is 0.277. The third-order valence-electron chi connectivity index (χ3n) is 8.39. The predicted octanol–water partition coefficient (Wildman–Crippen LogP) is 3.35. The number of hydrogen-bond acceptors (Lipinski definition) is 8. The Morgan fingerprint density at radius 1 is 1.08 bits per heavy atom. The average Bonchev–Trinajstić information content (AvgIpc) is 3.32. The van der Waals surface area contributed by atoms with E-state index in [-0.39, 0.29) is 5.82 Å². The Morgan fingerprint density at radius 2 is 1.89 bits per heavy atom. The normalized spacial score (nSPS) is 20.1. The van der Waals surface area contributed by atoms with E-state index < -0.39 is 0 Å². The Balaban J connectivity index is 1.12. The van der Waals surface area contributed by atoms with Crippen molar-refractivity contribution in [1.82, 2.24) is 34.4 Å². The fourth-order valence-electron chi connectivity index (χ4n) is 6.04. The standard InChI is InChI=1S/C28H38N8O/c1-4-34-9-5-22(6-10-34)35-16-23(17-35)36-18-24(13-31-36)37-28-27(29)30-14-26(32-28)20-11-19(2)25-7-8-33(3)15-21(25)12-20/h11-14,18,22-23H,4-10,15-17H2,1-3H3,(H2,29,30). The second-order valence-corrected chi connectivity index (χ2v) is 10.9. The van der Waals surface area contributed by atoms with Crippen LogP contribution in [0.25, 0.3) is 11.3 Å². The highest BCUT2D eigenvalue weighted by Crippen LogP contribution is 2.32. The van der Waals surface area contributed by atoms with Crippen LogP contribution in [0, 0.1) is 6.92 Å². The predicted molar refractivity (Wildman–Crippen MR) is 145 cm³/mol. The van der Waals surface area contributed by atoms with Gasteiger partial charge in [0, 0.05) is 37.8 Å². The quantitative estimate of drug-likeness (QED) is 0.549. The SMILES string of the molecule is CCN1CCC(N2CC(n3cc(Oc4nc(-c5cc(C)c6c(c5)CN(C)CC6)cnc4N)cn3)C2)CC1. The summed E-state index contributed by atoms with van der Waals surface area (Å²) in [4.78, 5) is 16.6. The molecular formula is C28H38N8O. The van der Waals surface area contributed by atoms with Crippen molar-refractivity contribution in [3.8, 4) is 22.9 Å². The maximum atomic E-state index is 6.16. The van der Waals surface area contributed by atoms with Gasteiger partial charge < -0.3 is 20.3 Å². The number of hydrogen-bond donors (Lipinski definition) is 1. The average molecular weight is 503 g/mol. The number of ether oxygens (including phenoxy) is 1. The minimum Gasteiger partial charge on any atom is -0.433 e. The third-order valence-corrected chi connectivity index (χ3v) is 8.39. The molecule has 9 nitrogen and oxygen atoms in total. The Labute approximate surface area is 219 Å². The van der Waals surface area contributed by atoms with E-state index in [4.69, 9.17) is 15.5 Å². The van der Waals surface area contributed by atoms with Crippen LogP contribution in [-0.2, 0) is 13.0 Å². The molecule has 0 unspecified atom stereocenters. The van der Waals surface area contributed by atoms with Gasteiger partial charge in [0.2, 0.25) is 0 Å². The van der Waals surface area contributed by atoms with Gasteiger partial charge in [0.1, 0.15) is 0 Å². The molecule has 2 saturated heterocycles. The summed E-state index contributed by atoms with van der Waals surface area (Å²) in [6.45, 7) is 12.2. The van der Waals surface area contributed by atoms with Gasteiger partial charge in [-0.15, -0.1) is 0 Å². The molecule has 37 heavy (non-hydrogen) atoms. The fourth-order valence-corrected chi connectivity index (χ4v) is 6.04. The number of rotatable bonds is 6. The molecule has 0 saturated carbocycles. The van der Waals surface area contributed by atoms with Crippen molar-refractivity contribution in [1.29, 1.82) is 0 Å². The van der Waals surface area contributed by atoms with Crippen molar-refractivity contribution in [2.45, 2.75) is 51.7 Å². The molecule has 3 aromatic rings. The van der Waals surface area contributed by atoms with E-state index in [1.807, 2.05) is 10.9 Å². The Morgan fingerprint density at radius 3 is 2.68 bits per heavy atom. The van der Waals surface area contributed by atoms with Gasteiger partial charge in [-0.3, -0.25) is 9.58 Å². The summed E-state index contributed by atoms with van der Waals surface area (Å²) in [5.74, 6) is 1.23. The zero-order chi connectivity index (χ0) is 25.5. The van der Waals surface area contributed by atoms with Crippen LogP contribution in [0.15, 0.2) is 30.7 Å². The molecule has 2 N–H and O–H groups in total. The molecule has 0 spiro atoms. The first-order valence-corrected chi connectivity index (χ1v) is 13.6. The molecule has 3 aliphatic rings. The fraction of sp³-hybridized carbons (Fsp3) is 0.536. The zero-order valence-electron chi connectivity index (χ0n) is 22.2. The highest BCUT2D eigenvalue weighted by molar-refractivity contribution is 5.64. The number of nitrogens with zero attached hydrogens (tertiary/aromatic N) is 7. The first kappa shape index (κ1) is 24.3. The number of fused-ring (bicyclic) bond motifs is 1. The van der Waals surface area contributed by atoms with Gasteiger partial charge in [-0.25, -0.2) is 9.97 Å². The number of aryl methyl sites for hydroxylation is 1. The molecular weight excluding hydrogens is 464 g/mol. The summed E-state index contributed by atoms with van der Waals surface area (Å²) in [7, 11) is 2.16. The summed E-state index contributed by atoms with van der Waals surface area (Å²) in [6.07, 6.45) is 9.04. The van der Waals surface area contributed by atoms with Crippen molar-refractivity contribution in [3.05, 3.63) is 47.4 Å². The molecule has 0 aliphatic carbocycles. The number of benzene rings is 1. The third kappa shape index (κ3) is 4.95. The molecule has 196 valence electrons. The topological polar surface area (TPSA) is 88.6 Å². The summed E-state index contributed by atoms with van der Waals surface area (Å²) in [5.41, 5.74) is 12.1. The van der Waals surface area contributed by atoms with Crippen LogP contribution in [0.3, 0.4) is 0 Å². The summed E-state index contributed by atoms with van der Waals surface area (Å²) in [5, 5.41) is 4.58. The van der Waals surface area contributed by atoms with E-state index in [9.17, 15) is 0 Å². The van der Waals surface area contributed by atoms with Crippen molar-refractivity contribution in [2.24, 2.45) is 0 Å². The molecule has 0 amide bonds. The Kier molecular flexibility index (Phi) is 6.60. The summed E-state index contributed by atoms with van der Waals surface area (Å²) < 4.78 is 8.11. The van der Waals surface area contributed by atoms with Crippen LogP contribution in [0.4, 0.5) is 5.82 Å². The molecule has 9 heteroatoms. The number of anilines is 1. The van der Waals surface area contributed by atoms with Crippen molar-refractivity contribution >= 4 is 5.82 Å². The van der Waals surface area contributed by atoms with Crippen molar-refractivity contribution < 1.29 is 4.74 Å². The molecule has 0 bridgehead atoms. The van der Waals surface area contributed by atoms with E-state index in [1.165, 1.54) is 42.6 Å². The lowest BCUT2D eigenvalue weighted by molar-refractivity contribution is 0.0212. The minimum absolute atomic E-state index is 0.277. The zero-order valence-corrected chi connectivity index (χ0v) is 22.2. The van der Waals surface area contributed by atoms with Crippen molar-refractivity contribution in [2.75, 3.05) is 52.0 Å². The van der Waals surface area contributed by atoms with Gasteiger partial charge in [-0.05, 0) is 81.7 Å². The molecule has 5 heterocycles. The smallest absolute Gasteiger partial charge is 0.263 e. The highest BCUT2D eigenvalue weighted by atomic mass is 16.5. The van der Waals surface area contributed by atoms with Gasteiger partial charge in [0.05, 0.1) is 30.3 Å². The number of likely N-dealkylation sites (tertiary alicyclic amines) is 2. The maximum Gasteiger partial charge on any atom is 0.263 e. The van der Waals surface area contributed by atoms with E-state index in [1.54, 1.807) is 12.4 Å². The van der Waals surface area contributed by atoms with E-state index in [0.717, 1.165) is 50.4 Å². The Hall–Kier alpha value is -3.01. The molecule has 2 aromatic heterocycles. The van der Waals surface area contributed by atoms with E-state index >= 15 is 0 Å². The number of likely N-dealkylation sites (N-methyl/N-ethyl adjacent to an activating group) is 1. The second-order valence-electron chi connectivity index (χ2n) is 10.9. The van der Waals surface area contributed by atoms with Crippen LogP contribution in [0.1, 0.15) is 42.5 Å². The lowest BCUT2D eigenvalue weighted by Gasteiger charge is -2.47. The number of nitrogen functional groups attached to an aromatic ring is 1. The van der Waals surface area contributed by atoms with Crippen LogP contribution >= 0.6 is 0 Å². The second kappa shape index (κ2) is 10.0. The highest BCUT2D eigenvalue weighted by Gasteiger charge is 2.35. The van der Waals surface area contributed by atoms with Crippen LogP contribution in [0.5, 0.6) is 11.6 Å². The van der Waals surface area contributed by atoms with E-state index in [0.29, 0.717) is 23.7 Å². The van der Waals surface area contributed by atoms with Gasteiger partial charge in [-0.2, -0.15) is 5.10 Å². The summed E-state index contributed by atoms with van der Waals surface area (Å²) in [6, 6.07) is 5.51. The number of aromatic nitrogens is 4. The Bertz CT molecular complexity index is 1260. The lowest BCUT2D eigenvalue weighted by Crippen LogP contribution is -2.55. The molecule has 2 fully saturated rings. The van der Waals surface area contributed by atoms with E-state index in [2.05, 4.69) is 57.8 Å². The molecule has 0 atom stereocenters. The van der Waals surface area contributed by atoms with Gasteiger partial charge >= 0.3 is 0 Å². The number of piperidine rings is 1. The van der Waals surface area contributed by atoms with Crippen molar-refractivity contribution in [3.63, 3.8) is 0 Å². The largest absolute Gasteiger partial charge is 0.433 e. The monoisotopic (exact) mass is 502 g/mol. The van der Waals surface area contributed by atoms with Gasteiger partial charge in [0.25, 0.3) is 5.88 Å². The maximum absolute atomic E-state index is 6.16. The van der Waals surface area contributed by atoms with Crippen LogP contribution in [0.2, 0.25) is 0 Å². The van der Waals surface area contributed by atoms with Crippen LogP contribution in [-0.4, -0.2) is 86.8 Å². The number of nitrogens with two attached hydrogens (primary N) is 1. The lowest BCUT2D eigenvalue weighted by atomic mass is 9.92. The summed E-state index contributed by atoms with van der Waals surface area (Å²) >= 11 is 0. The van der Waals surface area contributed by atoms with Crippen LogP contribution < -0.4 is 10.5 Å². The molecule has 0 radical (unpaired) electrons. The van der Waals surface area contributed by atoms with Gasteiger partial charge in [-0.1, -0.05) is 6.92 Å². The molecule has 3 aliphatic heterocycles. The first-order valence-electron chi connectivity index (χ1n) is 13.6. The first-order chi connectivity index (χ1) is 18.0.